The van der Waals surface area contributed by atoms with Crippen molar-refractivity contribution >= 4 is 18.3 Å². The van der Waals surface area contributed by atoms with Crippen LogP contribution in [-0.4, -0.2) is 18.5 Å². The first kappa shape index (κ1) is 20.8. The van der Waals surface area contributed by atoms with E-state index in [1.807, 2.05) is 0 Å². The second-order valence-electron chi connectivity index (χ2n) is 6.18. The number of carbonyl (C=O) groups is 1. The van der Waals surface area contributed by atoms with Crippen LogP contribution < -0.4 is 11.1 Å². The van der Waals surface area contributed by atoms with Crippen LogP contribution in [0.25, 0.3) is 0 Å². The van der Waals surface area contributed by atoms with Crippen molar-refractivity contribution in [1.82, 2.24) is 5.32 Å². The van der Waals surface area contributed by atoms with Crippen LogP contribution in [0.15, 0.2) is 24.3 Å². The van der Waals surface area contributed by atoms with Crippen molar-refractivity contribution in [2.45, 2.75) is 50.7 Å². The van der Waals surface area contributed by atoms with Gasteiger partial charge in [-0.3, -0.25) is 4.79 Å². The van der Waals surface area contributed by atoms with Gasteiger partial charge in [-0.05, 0) is 30.4 Å². The Morgan fingerprint density at radius 3 is 2.50 bits per heavy atom. The first-order valence-corrected chi connectivity index (χ1v) is 8.05. The molecule has 1 fully saturated rings. The smallest absolute Gasteiger partial charge is 0.352 e. The number of amides is 1. The number of alkyl halides is 3. The molecule has 1 aromatic rings. The second-order valence-corrected chi connectivity index (χ2v) is 6.18. The molecule has 1 aliphatic carbocycles. The Bertz CT molecular complexity index is 531. The van der Waals surface area contributed by atoms with Gasteiger partial charge in [-0.25, -0.2) is 0 Å². The summed E-state index contributed by atoms with van der Waals surface area (Å²) in [7, 11) is 0. The normalized spacial score (nSPS) is 17.0. The fraction of sp³-hybridized carbons (Fsp3) is 0.588. The molecule has 136 valence electrons. The van der Waals surface area contributed by atoms with E-state index >= 15 is 0 Å². The minimum Gasteiger partial charge on any atom is -0.352 e. The summed E-state index contributed by atoms with van der Waals surface area (Å²) in [5, 5.41) is 2.90. The molecule has 0 saturated heterocycles. The maximum Gasteiger partial charge on any atom is 0.416 e. The van der Waals surface area contributed by atoms with E-state index < -0.39 is 11.7 Å². The third-order valence-electron chi connectivity index (χ3n) is 4.44. The van der Waals surface area contributed by atoms with Crippen LogP contribution in [0.3, 0.4) is 0 Å². The summed E-state index contributed by atoms with van der Waals surface area (Å²) in [5.74, 6) is 0.101. The lowest BCUT2D eigenvalue weighted by Crippen LogP contribution is -2.46. The number of halogens is 4. The Kier molecular flexibility index (Phi) is 8.03. The maximum atomic E-state index is 12.7. The van der Waals surface area contributed by atoms with Crippen molar-refractivity contribution in [2.75, 3.05) is 6.54 Å². The van der Waals surface area contributed by atoms with E-state index in [9.17, 15) is 18.0 Å². The van der Waals surface area contributed by atoms with Crippen LogP contribution in [0, 0.1) is 5.92 Å². The molecule has 3 N–H and O–H groups in total. The third kappa shape index (κ3) is 5.98. The standard InChI is InChI=1S/C17H23F3N2O.ClH/c18-17(19,20)14-8-4-5-12(9-14)10-16(23)22-15(11-21)13-6-2-1-3-7-13;/h4-5,8-9,13,15H,1-3,6-7,10-11,21H2,(H,22,23);1H. The lowest BCUT2D eigenvalue weighted by Gasteiger charge is -2.30. The number of benzene rings is 1. The summed E-state index contributed by atoms with van der Waals surface area (Å²) in [5.41, 5.74) is 5.39. The molecule has 1 aromatic carbocycles. The first-order chi connectivity index (χ1) is 10.9. The molecule has 0 spiro atoms. The van der Waals surface area contributed by atoms with Gasteiger partial charge in [0.2, 0.25) is 5.91 Å². The predicted octanol–water partition coefficient (Wildman–Crippen LogP) is 3.69. The molecule has 0 radical (unpaired) electrons. The van der Waals surface area contributed by atoms with Crippen molar-refractivity contribution in [1.29, 1.82) is 0 Å². The highest BCUT2D eigenvalue weighted by molar-refractivity contribution is 5.85. The van der Waals surface area contributed by atoms with Crippen LogP contribution in [-0.2, 0) is 17.4 Å². The van der Waals surface area contributed by atoms with Gasteiger partial charge >= 0.3 is 6.18 Å². The largest absolute Gasteiger partial charge is 0.416 e. The zero-order valence-corrected chi connectivity index (χ0v) is 14.3. The summed E-state index contributed by atoms with van der Waals surface area (Å²) in [6.45, 7) is 0.360. The third-order valence-corrected chi connectivity index (χ3v) is 4.44. The molecule has 7 heteroatoms. The monoisotopic (exact) mass is 364 g/mol. The predicted molar refractivity (Wildman–Crippen MR) is 90.0 cm³/mol. The summed E-state index contributed by atoms with van der Waals surface area (Å²) < 4.78 is 38.1. The van der Waals surface area contributed by atoms with Crippen LogP contribution in [0.4, 0.5) is 13.2 Å². The number of nitrogens with one attached hydrogen (secondary N) is 1. The Morgan fingerprint density at radius 2 is 1.92 bits per heavy atom. The highest BCUT2D eigenvalue weighted by Crippen LogP contribution is 2.30. The molecule has 1 unspecified atom stereocenters. The first-order valence-electron chi connectivity index (χ1n) is 8.05. The summed E-state index contributed by atoms with van der Waals surface area (Å²) in [6, 6.07) is 4.80. The molecule has 1 aliphatic rings. The molecular formula is C17H24ClF3N2O. The number of rotatable bonds is 5. The second kappa shape index (κ2) is 9.28. The van der Waals surface area contributed by atoms with Crippen molar-refractivity contribution in [3.8, 4) is 0 Å². The molecule has 1 saturated carbocycles. The molecule has 0 aliphatic heterocycles. The molecule has 0 heterocycles. The molecule has 3 nitrogen and oxygen atoms in total. The van der Waals surface area contributed by atoms with Crippen molar-refractivity contribution in [3.63, 3.8) is 0 Å². The average Bonchev–Trinajstić information content (AvgIpc) is 2.53. The van der Waals surface area contributed by atoms with E-state index in [0.717, 1.165) is 37.8 Å². The highest BCUT2D eigenvalue weighted by atomic mass is 35.5. The van der Waals surface area contributed by atoms with Gasteiger partial charge in [0.05, 0.1) is 12.0 Å². The fourth-order valence-electron chi connectivity index (χ4n) is 3.21. The Morgan fingerprint density at radius 1 is 1.25 bits per heavy atom. The Labute approximate surface area is 146 Å². The van der Waals surface area contributed by atoms with E-state index in [2.05, 4.69) is 5.32 Å². The molecule has 24 heavy (non-hydrogen) atoms. The molecule has 0 bridgehead atoms. The van der Waals surface area contributed by atoms with E-state index in [1.54, 1.807) is 0 Å². The summed E-state index contributed by atoms with van der Waals surface area (Å²) in [4.78, 5) is 12.1. The van der Waals surface area contributed by atoms with Gasteiger partial charge in [-0.15, -0.1) is 12.4 Å². The van der Waals surface area contributed by atoms with Crippen molar-refractivity contribution < 1.29 is 18.0 Å². The molecule has 1 amide bonds. The zero-order chi connectivity index (χ0) is 16.9. The number of hydrogen-bond donors (Lipinski definition) is 2. The Balaban J connectivity index is 0.00000288. The van der Waals surface area contributed by atoms with Gasteiger partial charge in [0.1, 0.15) is 0 Å². The van der Waals surface area contributed by atoms with Gasteiger partial charge in [-0.2, -0.15) is 13.2 Å². The molecule has 1 atom stereocenters. The van der Waals surface area contributed by atoms with Gasteiger partial charge in [0.25, 0.3) is 0 Å². The number of hydrogen-bond acceptors (Lipinski definition) is 2. The summed E-state index contributed by atoms with van der Waals surface area (Å²) in [6.07, 6.45) is 1.14. The van der Waals surface area contributed by atoms with Crippen molar-refractivity contribution in [3.05, 3.63) is 35.4 Å². The lowest BCUT2D eigenvalue weighted by atomic mass is 9.84. The minimum atomic E-state index is -4.39. The quantitative estimate of drug-likeness (QED) is 0.837. The van der Waals surface area contributed by atoms with E-state index in [-0.39, 0.29) is 30.8 Å². The fourth-order valence-corrected chi connectivity index (χ4v) is 3.21. The SMILES string of the molecule is Cl.NCC(NC(=O)Cc1cccc(C(F)(F)F)c1)C1CCCCC1. The summed E-state index contributed by atoms with van der Waals surface area (Å²) >= 11 is 0. The van der Waals surface area contributed by atoms with Crippen LogP contribution in [0.5, 0.6) is 0 Å². The molecule has 2 rings (SSSR count). The lowest BCUT2D eigenvalue weighted by molar-refractivity contribution is -0.137. The van der Waals surface area contributed by atoms with E-state index in [4.69, 9.17) is 5.73 Å². The maximum absolute atomic E-state index is 12.7. The average molecular weight is 365 g/mol. The zero-order valence-electron chi connectivity index (χ0n) is 13.4. The van der Waals surface area contributed by atoms with Crippen molar-refractivity contribution in [2.24, 2.45) is 11.7 Å². The van der Waals surface area contributed by atoms with Crippen LogP contribution >= 0.6 is 12.4 Å². The molecule has 0 aromatic heterocycles. The van der Waals surface area contributed by atoms with Crippen LogP contribution in [0.1, 0.15) is 43.2 Å². The number of nitrogens with two attached hydrogens (primary N) is 1. The Hall–Kier alpha value is -1.27. The van der Waals surface area contributed by atoms with E-state index in [1.165, 1.54) is 18.6 Å². The van der Waals surface area contributed by atoms with E-state index in [0.29, 0.717) is 18.0 Å². The van der Waals surface area contributed by atoms with Gasteiger partial charge in [-0.1, -0.05) is 37.5 Å². The van der Waals surface area contributed by atoms with Crippen LogP contribution in [0.2, 0.25) is 0 Å². The van der Waals surface area contributed by atoms with Gasteiger partial charge in [0, 0.05) is 12.6 Å². The number of carbonyl (C=O) groups excluding carboxylic acids is 1. The highest BCUT2D eigenvalue weighted by Gasteiger charge is 2.30. The molecular weight excluding hydrogens is 341 g/mol. The van der Waals surface area contributed by atoms with Gasteiger partial charge in [0.15, 0.2) is 0 Å². The topological polar surface area (TPSA) is 55.1 Å². The van der Waals surface area contributed by atoms with Gasteiger partial charge < -0.3 is 11.1 Å². The minimum absolute atomic E-state index is 0.